The van der Waals surface area contributed by atoms with Crippen LogP contribution in [0.1, 0.15) is 21.6 Å². The highest BCUT2D eigenvalue weighted by Gasteiger charge is 1.52. The second-order valence-corrected chi connectivity index (χ2v) is 0.846. The van der Waals surface area contributed by atoms with Gasteiger partial charge in [0.15, 0.2) is 0 Å². The molecule has 0 amide bonds. The van der Waals surface area contributed by atoms with Gasteiger partial charge >= 0.3 is 0 Å². The maximum absolute atomic E-state index is 6.93. The number of rotatable bonds is 1. The number of hydrogen-bond donors (Lipinski definition) is 0. The van der Waals surface area contributed by atoms with Crippen molar-refractivity contribution in [2.75, 3.05) is 0 Å². The largest absolute Gasteiger partial charge is 0.0917 e. The smallest absolute Gasteiger partial charge is 0.0572 e. The average molecular weight is 71.1 g/mol. The fourth-order valence-electron chi connectivity index (χ4n) is 0.204. The molecule has 0 bridgehead atoms. The molecule has 0 saturated heterocycles. The van der Waals surface area contributed by atoms with Gasteiger partial charge in [0.1, 0.15) is 0 Å². The SMILES string of the molecule is [2H]C(=CC)CC. The van der Waals surface area contributed by atoms with Crippen molar-refractivity contribution in [2.24, 2.45) is 0 Å². The molecule has 0 nitrogen and oxygen atoms in total. The highest BCUT2D eigenvalue weighted by Crippen LogP contribution is 1.73. The van der Waals surface area contributed by atoms with Crippen LogP contribution in [0.2, 0.25) is 0 Å². The molecule has 0 aromatic heterocycles. The maximum Gasteiger partial charge on any atom is 0.0572 e. The van der Waals surface area contributed by atoms with Crippen LogP contribution in [0.3, 0.4) is 0 Å². The maximum atomic E-state index is 6.93. The first-order valence-corrected chi connectivity index (χ1v) is 1.93. The average Bonchev–Trinajstić information content (AvgIpc) is 1.65. The summed E-state index contributed by atoms with van der Waals surface area (Å²) in [6, 6.07) is 0.718. The van der Waals surface area contributed by atoms with Crippen LogP contribution in [0.5, 0.6) is 0 Å². The van der Waals surface area contributed by atoms with Crippen molar-refractivity contribution in [1.29, 1.82) is 0 Å². The highest BCUT2D eigenvalue weighted by atomic mass is 13.6. The molecule has 5 heavy (non-hydrogen) atoms. The van der Waals surface area contributed by atoms with E-state index in [-0.39, 0.29) is 0 Å². The van der Waals surface area contributed by atoms with Gasteiger partial charge in [0, 0.05) is 0 Å². The van der Waals surface area contributed by atoms with E-state index in [2.05, 4.69) is 0 Å². The zero-order valence-electron chi connectivity index (χ0n) is 4.78. The zero-order chi connectivity index (χ0) is 4.99. The predicted molar refractivity (Wildman–Crippen MR) is 25.1 cm³/mol. The highest BCUT2D eigenvalue weighted by molar-refractivity contribution is 4.73. The Morgan fingerprint density at radius 1 is 2.00 bits per heavy atom. The Labute approximate surface area is 34.9 Å². The van der Waals surface area contributed by atoms with Gasteiger partial charge in [0.05, 0.1) is 1.37 Å². The van der Waals surface area contributed by atoms with Gasteiger partial charge in [-0.05, 0) is 13.3 Å². The second-order valence-electron chi connectivity index (χ2n) is 0.846. The van der Waals surface area contributed by atoms with Crippen LogP contribution in [0, 0.1) is 0 Å². The minimum atomic E-state index is 0.718. The minimum absolute atomic E-state index is 0.718. The standard InChI is InChI=1S/C5H10/c1-3-5-4-2/h3,5H,4H2,1-2H3/i5D. The van der Waals surface area contributed by atoms with Gasteiger partial charge in [-0.2, -0.15) is 0 Å². The van der Waals surface area contributed by atoms with Crippen LogP contribution in [0.4, 0.5) is 0 Å². The van der Waals surface area contributed by atoms with E-state index in [9.17, 15) is 0 Å². The Morgan fingerprint density at radius 3 is 2.60 bits per heavy atom. The van der Waals surface area contributed by atoms with Crippen molar-refractivity contribution in [1.82, 2.24) is 0 Å². The van der Waals surface area contributed by atoms with Crippen molar-refractivity contribution in [3.63, 3.8) is 0 Å². The van der Waals surface area contributed by atoms with Crippen LogP contribution in [-0.4, -0.2) is 0 Å². The third-order valence-corrected chi connectivity index (χ3v) is 0.408. The third kappa shape index (κ3) is 3.74. The summed E-state index contributed by atoms with van der Waals surface area (Å²) in [5.41, 5.74) is 0. The molecule has 0 aromatic rings. The molecule has 0 N–H and O–H groups in total. The van der Waals surface area contributed by atoms with Crippen molar-refractivity contribution in [2.45, 2.75) is 20.3 Å². The molecule has 0 spiro atoms. The van der Waals surface area contributed by atoms with Crippen LogP contribution in [0.25, 0.3) is 0 Å². The Hall–Kier alpha value is -0.260. The molecular weight excluding hydrogens is 60.1 g/mol. The van der Waals surface area contributed by atoms with Gasteiger partial charge in [0.25, 0.3) is 0 Å². The van der Waals surface area contributed by atoms with Crippen LogP contribution in [-0.2, 0) is 0 Å². The Kier molecular flexibility index (Phi) is 2.21. The van der Waals surface area contributed by atoms with Gasteiger partial charge in [0.2, 0.25) is 0 Å². The normalized spacial score (nSPS) is 14.8. The van der Waals surface area contributed by atoms with E-state index in [1.165, 1.54) is 0 Å². The van der Waals surface area contributed by atoms with E-state index in [0.29, 0.717) is 0 Å². The molecule has 0 heterocycles. The van der Waals surface area contributed by atoms with Crippen molar-refractivity contribution in [3.8, 4) is 0 Å². The van der Waals surface area contributed by atoms with Gasteiger partial charge in [-0.15, -0.1) is 0 Å². The van der Waals surface area contributed by atoms with E-state index in [1.54, 1.807) is 6.08 Å². The van der Waals surface area contributed by atoms with Crippen molar-refractivity contribution < 1.29 is 1.37 Å². The summed E-state index contributed by atoms with van der Waals surface area (Å²) < 4.78 is 6.93. The summed E-state index contributed by atoms with van der Waals surface area (Å²) in [4.78, 5) is 0. The summed E-state index contributed by atoms with van der Waals surface area (Å²) in [7, 11) is 0. The Bertz CT molecular complexity index is 55.0. The van der Waals surface area contributed by atoms with Crippen molar-refractivity contribution in [3.05, 3.63) is 12.1 Å². The van der Waals surface area contributed by atoms with Crippen molar-refractivity contribution >= 4 is 0 Å². The molecule has 0 atom stereocenters. The summed E-state index contributed by atoms with van der Waals surface area (Å²) >= 11 is 0. The molecule has 0 aliphatic rings. The van der Waals surface area contributed by atoms with E-state index >= 15 is 0 Å². The quantitative estimate of drug-likeness (QED) is 0.414. The molecular formula is C5H10. The Morgan fingerprint density at radius 2 is 2.60 bits per heavy atom. The zero-order valence-corrected chi connectivity index (χ0v) is 3.78. The summed E-state index contributed by atoms with van der Waals surface area (Å²) in [5, 5.41) is 0. The minimum Gasteiger partial charge on any atom is -0.0917 e. The molecule has 0 fully saturated rings. The predicted octanol–water partition coefficient (Wildman–Crippen LogP) is 1.97. The van der Waals surface area contributed by atoms with Gasteiger partial charge in [-0.1, -0.05) is 19.1 Å². The molecule has 0 heteroatoms. The molecule has 0 unspecified atom stereocenters. The molecule has 0 radical (unpaired) electrons. The first kappa shape index (κ1) is 2.95. The monoisotopic (exact) mass is 71.1 g/mol. The molecule has 30 valence electrons. The van der Waals surface area contributed by atoms with Gasteiger partial charge in [-0.3, -0.25) is 0 Å². The first-order chi connectivity index (χ1) is 2.81. The van der Waals surface area contributed by atoms with Gasteiger partial charge < -0.3 is 0 Å². The topological polar surface area (TPSA) is 0 Å². The number of hydrogen-bond acceptors (Lipinski definition) is 0. The molecule has 0 aliphatic carbocycles. The lowest BCUT2D eigenvalue weighted by Crippen LogP contribution is -1.43. The van der Waals surface area contributed by atoms with Gasteiger partial charge in [-0.25, -0.2) is 0 Å². The number of allylic oxidation sites excluding steroid dienone is 2. The summed E-state index contributed by atoms with van der Waals surface area (Å²) in [6.45, 7) is 3.86. The summed E-state index contributed by atoms with van der Waals surface area (Å²) in [6.07, 6.45) is 2.66. The van der Waals surface area contributed by atoms with Crippen LogP contribution in [0.15, 0.2) is 12.1 Å². The molecule has 0 rings (SSSR count). The fraction of sp³-hybridized carbons (Fsp3) is 0.600. The molecule has 0 saturated carbocycles. The molecule has 0 aromatic carbocycles. The van der Waals surface area contributed by atoms with E-state index in [4.69, 9.17) is 1.37 Å². The van der Waals surface area contributed by atoms with Crippen LogP contribution < -0.4 is 0 Å². The lowest BCUT2D eigenvalue weighted by molar-refractivity contribution is 1.22. The van der Waals surface area contributed by atoms with E-state index < -0.39 is 0 Å². The fourth-order valence-corrected chi connectivity index (χ4v) is 0.204. The van der Waals surface area contributed by atoms with E-state index in [0.717, 1.165) is 12.5 Å². The second kappa shape index (κ2) is 3.74. The lowest BCUT2D eigenvalue weighted by Gasteiger charge is -1.65. The van der Waals surface area contributed by atoms with E-state index in [1.807, 2.05) is 13.8 Å². The summed E-state index contributed by atoms with van der Waals surface area (Å²) in [5.74, 6) is 0. The first-order valence-electron chi connectivity index (χ1n) is 2.43. The lowest BCUT2D eigenvalue weighted by atomic mass is 10.4. The third-order valence-electron chi connectivity index (χ3n) is 0.408. The Balaban J connectivity index is 3.22. The molecule has 0 aliphatic heterocycles. The van der Waals surface area contributed by atoms with Crippen LogP contribution >= 0.6 is 0 Å².